The highest BCUT2D eigenvalue weighted by atomic mass is 79.9. The second-order valence-corrected chi connectivity index (χ2v) is 11.6. The normalized spacial score (nSPS) is 29.1. The average Bonchev–Trinajstić information content (AvgIpc) is 2.66. The topological polar surface area (TPSA) is 59.6 Å². The van der Waals surface area contributed by atoms with Gasteiger partial charge in [-0.1, -0.05) is 15.9 Å². The van der Waals surface area contributed by atoms with Crippen LogP contribution in [-0.4, -0.2) is 30.7 Å². The van der Waals surface area contributed by atoms with Crippen LogP contribution in [0, 0.1) is 23.7 Å². The fraction of sp³-hybridized carbons (Fsp3) is 0.720. The highest BCUT2D eigenvalue weighted by Gasteiger charge is 2.47. The van der Waals surface area contributed by atoms with Crippen molar-refractivity contribution in [2.24, 2.45) is 23.7 Å². The third kappa shape index (κ3) is 5.57. The molecule has 4 aliphatic carbocycles. The lowest BCUT2D eigenvalue weighted by atomic mass is 9.54. The molecule has 1 aromatic carbocycles. The van der Waals surface area contributed by atoms with Crippen molar-refractivity contribution in [3.8, 4) is 11.5 Å². The van der Waals surface area contributed by atoms with Crippen molar-refractivity contribution in [1.29, 1.82) is 0 Å². The van der Waals surface area contributed by atoms with Gasteiger partial charge in [-0.25, -0.2) is 0 Å². The number of amides is 1. The van der Waals surface area contributed by atoms with Crippen LogP contribution in [0.4, 0.5) is 0 Å². The number of nitrogens with one attached hydrogen (secondary N) is 2. The summed E-state index contributed by atoms with van der Waals surface area (Å²) in [5, 5.41) is 6.82. The Morgan fingerprint density at radius 1 is 1.03 bits per heavy atom. The van der Waals surface area contributed by atoms with Gasteiger partial charge in [-0.2, -0.15) is 0 Å². The molecule has 5 rings (SSSR count). The molecule has 172 valence electrons. The zero-order valence-electron chi connectivity index (χ0n) is 19.3. The molecule has 4 aliphatic rings. The molecule has 0 aliphatic heterocycles. The van der Waals surface area contributed by atoms with Crippen molar-refractivity contribution in [1.82, 2.24) is 10.6 Å². The van der Waals surface area contributed by atoms with E-state index in [1.807, 2.05) is 39.8 Å². The van der Waals surface area contributed by atoms with Gasteiger partial charge in [0.15, 0.2) is 18.1 Å². The first-order valence-corrected chi connectivity index (χ1v) is 12.6. The number of halogens is 1. The lowest BCUT2D eigenvalue weighted by Crippen LogP contribution is -2.54. The minimum Gasteiger partial charge on any atom is -0.490 e. The predicted octanol–water partition coefficient (Wildman–Crippen LogP) is 5.06. The molecule has 4 bridgehead atoms. The number of hydrogen-bond donors (Lipinski definition) is 2. The molecule has 0 radical (unpaired) electrons. The van der Waals surface area contributed by atoms with E-state index in [0.717, 1.165) is 34.7 Å². The van der Waals surface area contributed by atoms with E-state index < -0.39 is 0 Å². The average molecular weight is 493 g/mol. The molecule has 0 atom stereocenters. The number of ether oxygens (including phenoxy) is 2. The fourth-order valence-electron chi connectivity index (χ4n) is 6.18. The van der Waals surface area contributed by atoms with Crippen molar-refractivity contribution in [2.75, 3.05) is 13.2 Å². The van der Waals surface area contributed by atoms with Crippen LogP contribution in [-0.2, 0) is 11.3 Å². The Balaban J connectivity index is 1.40. The highest BCUT2D eigenvalue weighted by Crippen LogP contribution is 2.53. The lowest BCUT2D eigenvalue weighted by Gasteiger charge is -2.54. The van der Waals surface area contributed by atoms with Crippen LogP contribution in [0.1, 0.15) is 65.4 Å². The van der Waals surface area contributed by atoms with Crippen molar-refractivity contribution >= 4 is 21.8 Å². The first-order chi connectivity index (χ1) is 14.7. The second-order valence-electron chi connectivity index (χ2n) is 10.7. The van der Waals surface area contributed by atoms with E-state index >= 15 is 0 Å². The van der Waals surface area contributed by atoms with Gasteiger partial charge in [-0.15, -0.1) is 0 Å². The zero-order chi connectivity index (χ0) is 22.2. The van der Waals surface area contributed by atoms with Gasteiger partial charge in [0.1, 0.15) is 0 Å². The summed E-state index contributed by atoms with van der Waals surface area (Å²) >= 11 is 3.72. The molecular formula is C25H37BrN2O3. The van der Waals surface area contributed by atoms with Gasteiger partial charge in [-0.05, 0) is 101 Å². The second kappa shape index (κ2) is 9.30. The van der Waals surface area contributed by atoms with E-state index in [-0.39, 0.29) is 18.1 Å². The van der Waals surface area contributed by atoms with Crippen LogP contribution in [0.15, 0.2) is 16.6 Å². The standard InChI is InChI=1S/C25H37BrN2O3/c1-5-30-21-11-19(20(26)12-22(21)31-14-23(29)28-25(2,3)4)13-27-24-17-7-15-6-16(9-17)10-18(24)8-15/h11-12,15-18,24,27H,5-10,13-14H2,1-4H3,(H,28,29). The van der Waals surface area contributed by atoms with E-state index in [4.69, 9.17) is 9.47 Å². The molecular weight excluding hydrogens is 456 g/mol. The summed E-state index contributed by atoms with van der Waals surface area (Å²) in [6.45, 7) is 9.17. The van der Waals surface area contributed by atoms with Gasteiger partial charge in [-0.3, -0.25) is 4.79 Å². The van der Waals surface area contributed by atoms with E-state index in [0.29, 0.717) is 24.1 Å². The largest absolute Gasteiger partial charge is 0.490 e. The number of carbonyl (C=O) groups excluding carboxylic acids is 1. The maximum atomic E-state index is 12.2. The first-order valence-electron chi connectivity index (χ1n) is 11.8. The molecule has 0 aromatic heterocycles. The Kier molecular flexibility index (Phi) is 6.87. The maximum Gasteiger partial charge on any atom is 0.258 e. The van der Waals surface area contributed by atoms with Crippen LogP contribution in [0.3, 0.4) is 0 Å². The van der Waals surface area contributed by atoms with Crippen molar-refractivity contribution in [3.63, 3.8) is 0 Å². The summed E-state index contributed by atoms with van der Waals surface area (Å²) < 4.78 is 12.6. The highest BCUT2D eigenvalue weighted by molar-refractivity contribution is 9.10. The smallest absolute Gasteiger partial charge is 0.258 e. The Morgan fingerprint density at radius 2 is 1.65 bits per heavy atom. The van der Waals surface area contributed by atoms with Gasteiger partial charge in [0, 0.05) is 22.6 Å². The quantitative estimate of drug-likeness (QED) is 0.532. The molecule has 0 spiro atoms. The minimum absolute atomic E-state index is 0.0326. The number of benzene rings is 1. The van der Waals surface area contributed by atoms with Crippen molar-refractivity contribution < 1.29 is 14.3 Å². The molecule has 1 amide bonds. The molecule has 0 heterocycles. The number of carbonyl (C=O) groups is 1. The summed E-state index contributed by atoms with van der Waals surface area (Å²) in [6.07, 6.45) is 7.15. The van der Waals surface area contributed by atoms with Gasteiger partial charge in [0.05, 0.1) is 6.61 Å². The Morgan fingerprint density at radius 3 is 2.23 bits per heavy atom. The molecule has 0 unspecified atom stereocenters. The molecule has 5 nitrogen and oxygen atoms in total. The molecule has 1 aromatic rings. The summed E-state index contributed by atoms with van der Waals surface area (Å²) in [5.41, 5.74) is 0.890. The SMILES string of the molecule is CCOc1cc(CNC2C3CC4CC(C3)CC2C4)c(Br)cc1OCC(=O)NC(C)(C)C. The molecule has 2 N–H and O–H groups in total. The van der Waals surface area contributed by atoms with Crippen LogP contribution >= 0.6 is 15.9 Å². The minimum atomic E-state index is -0.281. The fourth-order valence-corrected chi connectivity index (χ4v) is 6.64. The zero-order valence-corrected chi connectivity index (χ0v) is 20.9. The molecule has 31 heavy (non-hydrogen) atoms. The van der Waals surface area contributed by atoms with Crippen LogP contribution in [0.5, 0.6) is 11.5 Å². The molecule has 4 saturated carbocycles. The van der Waals surface area contributed by atoms with Crippen LogP contribution in [0.2, 0.25) is 0 Å². The number of hydrogen-bond acceptors (Lipinski definition) is 4. The van der Waals surface area contributed by atoms with E-state index in [9.17, 15) is 4.79 Å². The predicted molar refractivity (Wildman–Crippen MR) is 126 cm³/mol. The Bertz CT molecular complexity index is 777. The molecule has 4 fully saturated rings. The Hall–Kier alpha value is -1.27. The van der Waals surface area contributed by atoms with Gasteiger partial charge in [0.2, 0.25) is 0 Å². The van der Waals surface area contributed by atoms with Crippen LogP contribution in [0.25, 0.3) is 0 Å². The van der Waals surface area contributed by atoms with Crippen molar-refractivity contribution in [2.45, 2.75) is 77.9 Å². The summed E-state index contributed by atoms with van der Waals surface area (Å²) in [5.74, 6) is 4.83. The third-order valence-corrected chi connectivity index (χ3v) is 7.78. The summed E-state index contributed by atoms with van der Waals surface area (Å²) in [6, 6.07) is 4.63. The Labute approximate surface area is 195 Å². The first kappa shape index (κ1) is 22.9. The molecule has 6 heteroatoms. The monoisotopic (exact) mass is 492 g/mol. The van der Waals surface area contributed by atoms with E-state index in [1.165, 1.54) is 37.7 Å². The maximum absolute atomic E-state index is 12.2. The van der Waals surface area contributed by atoms with Crippen LogP contribution < -0.4 is 20.1 Å². The van der Waals surface area contributed by atoms with Crippen molar-refractivity contribution in [3.05, 3.63) is 22.2 Å². The van der Waals surface area contributed by atoms with Gasteiger partial charge < -0.3 is 20.1 Å². The lowest BCUT2D eigenvalue weighted by molar-refractivity contribution is -0.124. The number of rotatable bonds is 8. The summed E-state index contributed by atoms with van der Waals surface area (Å²) in [4.78, 5) is 12.2. The summed E-state index contributed by atoms with van der Waals surface area (Å²) in [7, 11) is 0. The van der Waals surface area contributed by atoms with E-state index in [1.54, 1.807) is 0 Å². The molecule has 0 saturated heterocycles. The van der Waals surface area contributed by atoms with Gasteiger partial charge in [0.25, 0.3) is 5.91 Å². The van der Waals surface area contributed by atoms with E-state index in [2.05, 4.69) is 26.6 Å². The van der Waals surface area contributed by atoms with Gasteiger partial charge >= 0.3 is 0 Å². The third-order valence-electron chi connectivity index (χ3n) is 7.04.